The molecule has 0 heterocycles. The number of anilines is 1. The van der Waals surface area contributed by atoms with Crippen molar-refractivity contribution < 1.29 is 19.4 Å². The molecule has 0 atom stereocenters. The van der Waals surface area contributed by atoms with Crippen molar-refractivity contribution in [3.05, 3.63) is 53.6 Å². The number of benzene rings is 2. The largest absolute Gasteiger partial charge is 0.507 e. The van der Waals surface area contributed by atoms with Gasteiger partial charge in [0.05, 0.1) is 19.9 Å². The lowest BCUT2D eigenvalue weighted by Gasteiger charge is -2.09. The smallest absolute Gasteiger partial charge is 0.266 e. The van der Waals surface area contributed by atoms with Gasteiger partial charge in [-0.1, -0.05) is 12.1 Å². The van der Waals surface area contributed by atoms with Gasteiger partial charge in [-0.3, -0.25) is 4.79 Å². The summed E-state index contributed by atoms with van der Waals surface area (Å²) in [4.78, 5) is 12.3. The molecule has 0 radical (unpaired) electrons. The van der Waals surface area contributed by atoms with Crippen molar-refractivity contribution in [1.82, 2.24) is 0 Å². The van der Waals surface area contributed by atoms with Gasteiger partial charge in [-0.15, -0.1) is 0 Å². The fraction of sp³-hybridized carbons (Fsp3) is 0.111. The molecule has 2 rings (SSSR count). The first-order valence-corrected chi connectivity index (χ1v) is 7.02. The zero-order valence-electron chi connectivity index (χ0n) is 13.2. The van der Waals surface area contributed by atoms with Crippen LogP contribution in [-0.4, -0.2) is 25.2 Å². The summed E-state index contributed by atoms with van der Waals surface area (Å²) in [7, 11) is 2.97. The van der Waals surface area contributed by atoms with Crippen LogP contribution in [0.3, 0.4) is 0 Å². The van der Waals surface area contributed by atoms with Crippen molar-refractivity contribution >= 4 is 17.7 Å². The number of para-hydroxylation sites is 2. The molecule has 1 amide bonds. The highest BCUT2D eigenvalue weighted by Crippen LogP contribution is 2.26. The van der Waals surface area contributed by atoms with E-state index >= 15 is 0 Å². The van der Waals surface area contributed by atoms with E-state index in [-0.39, 0.29) is 11.3 Å². The van der Waals surface area contributed by atoms with E-state index in [4.69, 9.17) is 9.47 Å². The van der Waals surface area contributed by atoms with E-state index in [9.17, 15) is 15.2 Å². The van der Waals surface area contributed by atoms with Crippen molar-refractivity contribution in [1.29, 1.82) is 5.26 Å². The number of nitrogens with one attached hydrogen (secondary N) is 1. The fourth-order valence-corrected chi connectivity index (χ4v) is 2.02. The van der Waals surface area contributed by atoms with Crippen LogP contribution in [0.25, 0.3) is 6.08 Å². The average Bonchev–Trinajstić information content (AvgIpc) is 2.61. The van der Waals surface area contributed by atoms with Gasteiger partial charge in [0, 0.05) is 5.56 Å². The van der Waals surface area contributed by atoms with E-state index in [1.165, 1.54) is 32.4 Å². The summed E-state index contributed by atoms with van der Waals surface area (Å²) in [6.07, 6.45) is 1.29. The number of methoxy groups -OCH3 is 2. The first-order valence-electron chi connectivity index (χ1n) is 7.02. The van der Waals surface area contributed by atoms with E-state index in [0.29, 0.717) is 22.7 Å². The molecule has 0 aliphatic rings. The third kappa shape index (κ3) is 3.84. The van der Waals surface area contributed by atoms with Gasteiger partial charge in [0.2, 0.25) is 0 Å². The number of amides is 1. The minimum absolute atomic E-state index is 0.0614. The molecule has 0 saturated carbocycles. The maximum Gasteiger partial charge on any atom is 0.266 e. The van der Waals surface area contributed by atoms with Gasteiger partial charge < -0.3 is 19.9 Å². The van der Waals surface area contributed by atoms with Crippen molar-refractivity contribution in [2.75, 3.05) is 19.5 Å². The summed E-state index contributed by atoms with van der Waals surface area (Å²) in [6.45, 7) is 0. The van der Waals surface area contributed by atoms with E-state index < -0.39 is 5.91 Å². The number of hydrogen-bond donors (Lipinski definition) is 2. The Kier molecular flexibility index (Phi) is 5.42. The fourth-order valence-electron chi connectivity index (χ4n) is 2.02. The van der Waals surface area contributed by atoms with Gasteiger partial charge in [-0.2, -0.15) is 5.26 Å². The molecular formula is C18H16N2O4. The lowest BCUT2D eigenvalue weighted by molar-refractivity contribution is -0.112. The SMILES string of the molecule is COc1ccc(O)c(C=C(C#N)C(=O)Nc2ccccc2OC)c1. The van der Waals surface area contributed by atoms with Gasteiger partial charge in [-0.05, 0) is 36.4 Å². The Labute approximate surface area is 139 Å². The Bertz CT molecular complexity index is 822. The number of aromatic hydroxyl groups is 1. The molecule has 0 aromatic heterocycles. The monoisotopic (exact) mass is 324 g/mol. The highest BCUT2D eigenvalue weighted by atomic mass is 16.5. The van der Waals surface area contributed by atoms with E-state index in [1.807, 2.05) is 6.07 Å². The Hall–Kier alpha value is -3.46. The Morgan fingerprint density at radius 3 is 2.62 bits per heavy atom. The molecule has 6 nitrogen and oxygen atoms in total. The van der Waals surface area contributed by atoms with Crippen LogP contribution < -0.4 is 14.8 Å². The summed E-state index contributed by atoms with van der Waals surface area (Å²) >= 11 is 0. The maximum atomic E-state index is 12.3. The van der Waals surface area contributed by atoms with Gasteiger partial charge in [0.25, 0.3) is 5.91 Å². The molecule has 0 aliphatic carbocycles. The van der Waals surface area contributed by atoms with Crippen LogP contribution in [0.2, 0.25) is 0 Å². The van der Waals surface area contributed by atoms with Crippen LogP contribution in [-0.2, 0) is 4.79 Å². The number of phenols is 1. The predicted molar refractivity (Wildman–Crippen MR) is 89.9 cm³/mol. The minimum Gasteiger partial charge on any atom is -0.507 e. The number of hydrogen-bond acceptors (Lipinski definition) is 5. The molecule has 0 aliphatic heterocycles. The molecule has 0 spiro atoms. The molecule has 0 unspecified atom stereocenters. The molecule has 6 heteroatoms. The Morgan fingerprint density at radius 1 is 1.21 bits per heavy atom. The highest BCUT2D eigenvalue weighted by molar-refractivity contribution is 6.10. The molecule has 0 saturated heterocycles. The number of nitriles is 1. The summed E-state index contributed by atoms with van der Waals surface area (Å²) in [6, 6.07) is 13.2. The van der Waals surface area contributed by atoms with Crippen LogP contribution in [0, 0.1) is 11.3 Å². The van der Waals surface area contributed by atoms with Crippen molar-refractivity contribution in [3.63, 3.8) is 0 Å². The molecule has 0 fully saturated rings. The molecule has 122 valence electrons. The Balaban J connectivity index is 2.31. The highest BCUT2D eigenvalue weighted by Gasteiger charge is 2.13. The van der Waals surface area contributed by atoms with Crippen LogP contribution in [0.5, 0.6) is 17.2 Å². The lowest BCUT2D eigenvalue weighted by Crippen LogP contribution is -2.14. The number of carbonyl (C=O) groups excluding carboxylic acids is 1. The number of nitrogens with zero attached hydrogens (tertiary/aromatic N) is 1. The summed E-state index contributed by atoms with van der Waals surface area (Å²) in [5.41, 5.74) is 0.589. The summed E-state index contributed by atoms with van der Waals surface area (Å²) in [5, 5.41) is 21.7. The molecule has 2 aromatic carbocycles. The maximum absolute atomic E-state index is 12.3. The number of ether oxygens (including phenoxy) is 2. The van der Waals surface area contributed by atoms with Crippen LogP contribution in [0.15, 0.2) is 48.0 Å². The van der Waals surface area contributed by atoms with E-state index in [0.717, 1.165) is 0 Å². The lowest BCUT2D eigenvalue weighted by atomic mass is 10.1. The number of carbonyl (C=O) groups is 1. The zero-order valence-corrected chi connectivity index (χ0v) is 13.2. The van der Waals surface area contributed by atoms with Gasteiger partial charge in [-0.25, -0.2) is 0 Å². The minimum atomic E-state index is -0.607. The van der Waals surface area contributed by atoms with Crippen molar-refractivity contribution in [2.24, 2.45) is 0 Å². The Morgan fingerprint density at radius 2 is 1.96 bits per heavy atom. The number of phenolic OH excluding ortho intramolecular Hbond substituents is 1. The molecular weight excluding hydrogens is 308 g/mol. The predicted octanol–water partition coefficient (Wildman–Crippen LogP) is 2.96. The van der Waals surface area contributed by atoms with Crippen molar-refractivity contribution in [2.45, 2.75) is 0 Å². The van der Waals surface area contributed by atoms with E-state index in [2.05, 4.69) is 5.32 Å². The zero-order chi connectivity index (χ0) is 17.5. The average molecular weight is 324 g/mol. The second kappa shape index (κ2) is 7.70. The van der Waals surface area contributed by atoms with Gasteiger partial charge in [0.15, 0.2) is 0 Å². The van der Waals surface area contributed by atoms with Gasteiger partial charge >= 0.3 is 0 Å². The quantitative estimate of drug-likeness (QED) is 0.652. The molecule has 0 bridgehead atoms. The molecule has 2 aromatic rings. The van der Waals surface area contributed by atoms with Gasteiger partial charge in [0.1, 0.15) is 28.9 Å². The van der Waals surface area contributed by atoms with Crippen LogP contribution in [0.4, 0.5) is 5.69 Å². The van der Waals surface area contributed by atoms with E-state index in [1.54, 1.807) is 30.3 Å². The topological polar surface area (TPSA) is 91.6 Å². The summed E-state index contributed by atoms with van der Waals surface area (Å²) in [5.74, 6) is 0.312. The summed E-state index contributed by atoms with van der Waals surface area (Å²) < 4.78 is 10.2. The second-order valence-electron chi connectivity index (χ2n) is 4.75. The standard InChI is InChI=1S/C18H16N2O4/c1-23-14-7-8-16(21)12(10-14)9-13(11-19)18(22)20-15-5-3-4-6-17(15)24-2/h3-10,21H,1-2H3,(H,20,22). The third-order valence-electron chi connectivity index (χ3n) is 3.25. The normalized spacial score (nSPS) is 10.6. The van der Waals surface area contributed by atoms with Crippen LogP contribution in [0.1, 0.15) is 5.56 Å². The second-order valence-corrected chi connectivity index (χ2v) is 4.75. The third-order valence-corrected chi connectivity index (χ3v) is 3.25. The molecule has 2 N–H and O–H groups in total. The number of rotatable bonds is 5. The first-order chi connectivity index (χ1) is 11.6. The first kappa shape index (κ1) is 16.9. The van der Waals surface area contributed by atoms with Crippen LogP contribution >= 0.6 is 0 Å². The van der Waals surface area contributed by atoms with Crippen molar-refractivity contribution in [3.8, 4) is 23.3 Å². The molecule has 24 heavy (non-hydrogen) atoms.